The van der Waals surface area contributed by atoms with Crippen LogP contribution in [0, 0.1) is 29.6 Å². The first-order valence-corrected chi connectivity index (χ1v) is 17.9. The average molecular weight is 633 g/mol. The number of piperidine rings is 1. The smallest absolute Gasteiger partial charge is 0.404 e. The molecule has 3 heterocycles. The van der Waals surface area contributed by atoms with Gasteiger partial charge >= 0.3 is 17.9 Å². The third kappa shape index (κ3) is 6.82. The van der Waals surface area contributed by atoms with Crippen LogP contribution in [-0.2, 0) is 14.0 Å². The maximum absolute atomic E-state index is 11.8. The zero-order chi connectivity index (χ0) is 32.7. The monoisotopic (exact) mass is 632 g/mol. The van der Waals surface area contributed by atoms with E-state index in [9.17, 15) is 19.5 Å². The van der Waals surface area contributed by atoms with Crippen LogP contribution in [0.2, 0.25) is 18.1 Å². The number of nitrogens with two attached hydrogens (primary N) is 1. The molecular formula is C32H40N6O6Si. The number of nitrogens with zero attached hydrogens (tertiary/aromatic N) is 4. The number of imidazole rings is 1. The van der Waals surface area contributed by atoms with Gasteiger partial charge in [-0.25, -0.2) is 9.78 Å². The Morgan fingerprint density at radius 1 is 1.20 bits per heavy atom. The van der Waals surface area contributed by atoms with Crippen LogP contribution in [0.15, 0.2) is 47.2 Å². The molecule has 1 saturated heterocycles. The number of carbonyl (C=O) groups is 3. The van der Waals surface area contributed by atoms with Crippen molar-refractivity contribution in [3.05, 3.63) is 59.8 Å². The maximum atomic E-state index is 11.8. The number of carboxylic acid groups (broad SMARTS) is 1. The van der Waals surface area contributed by atoms with E-state index in [1.807, 2.05) is 41.8 Å². The first-order valence-electron chi connectivity index (χ1n) is 15.0. The van der Waals surface area contributed by atoms with Crippen molar-refractivity contribution in [2.45, 2.75) is 58.0 Å². The fraction of sp³-hybridized carbons (Fsp3) is 0.469. The van der Waals surface area contributed by atoms with E-state index >= 15 is 0 Å². The largest absolute Gasteiger partial charge is 0.465 e. The van der Waals surface area contributed by atoms with Gasteiger partial charge in [0, 0.05) is 55.1 Å². The van der Waals surface area contributed by atoms with Crippen molar-refractivity contribution >= 4 is 26.2 Å². The molecule has 3 amide bonds. The number of amides is 3. The second-order valence-electron chi connectivity index (χ2n) is 13.3. The van der Waals surface area contributed by atoms with Gasteiger partial charge in [0.25, 0.3) is 0 Å². The molecule has 0 radical (unpaired) electrons. The second kappa shape index (κ2) is 12.2. The Bertz CT molecular complexity index is 1630. The third-order valence-corrected chi connectivity index (χ3v) is 13.8. The van der Waals surface area contributed by atoms with Gasteiger partial charge in [0.05, 0.1) is 6.04 Å². The Kier molecular flexibility index (Phi) is 8.65. The number of aromatic nitrogens is 3. The van der Waals surface area contributed by atoms with Crippen LogP contribution in [0.5, 0.6) is 0 Å². The summed E-state index contributed by atoms with van der Waals surface area (Å²) < 4.78 is 14.2. The molecule has 1 aromatic carbocycles. The molecule has 13 heteroatoms. The van der Waals surface area contributed by atoms with E-state index in [-0.39, 0.29) is 35.4 Å². The van der Waals surface area contributed by atoms with Crippen molar-refractivity contribution in [2.75, 3.05) is 19.6 Å². The zero-order valence-electron chi connectivity index (χ0n) is 26.4. The molecule has 5 rings (SSSR count). The van der Waals surface area contributed by atoms with Crippen molar-refractivity contribution in [1.29, 1.82) is 0 Å². The predicted octanol–water partition coefficient (Wildman–Crippen LogP) is 4.02. The molecule has 0 bridgehead atoms. The Morgan fingerprint density at radius 3 is 2.47 bits per heavy atom. The highest BCUT2D eigenvalue weighted by molar-refractivity contribution is 6.74. The second-order valence-corrected chi connectivity index (χ2v) is 18.1. The van der Waals surface area contributed by atoms with Crippen molar-refractivity contribution in [2.24, 2.45) is 23.5 Å². The fourth-order valence-corrected chi connectivity index (χ4v) is 6.98. The summed E-state index contributed by atoms with van der Waals surface area (Å²) in [5, 5.41) is 16.2. The minimum atomic E-state index is -2.10. The minimum Gasteiger partial charge on any atom is -0.465 e. The van der Waals surface area contributed by atoms with Gasteiger partial charge in [-0.3, -0.25) is 9.59 Å². The fourth-order valence-electron chi connectivity index (χ4n) is 5.63. The Balaban J connectivity index is 1.29. The molecular weight excluding hydrogens is 592 g/mol. The van der Waals surface area contributed by atoms with E-state index < -0.39 is 32.3 Å². The normalized spacial score (nSPS) is 20.5. The van der Waals surface area contributed by atoms with E-state index in [1.165, 1.54) is 4.90 Å². The van der Waals surface area contributed by atoms with Gasteiger partial charge in [-0.15, -0.1) is 0 Å². The summed E-state index contributed by atoms with van der Waals surface area (Å²) >= 11 is 0. The van der Waals surface area contributed by atoms with Crippen LogP contribution < -0.4 is 11.1 Å². The summed E-state index contributed by atoms with van der Waals surface area (Å²) in [5.41, 5.74) is 7.30. The molecule has 1 saturated carbocycles. The van der Waals surface area contributed by atoms with Crippen molar-refractivity contribution < 1.29 is 28.4 Å². The number of likely N-dealkylation sites (tertiary alicyclic amines) is 1. The van der Waals surface area contributed by atoms with Crippen LogP contribution in [0.4, 0.5) is 4.79 Å². The lowest BCUT2D eigenvalue weighted by Gasteiger charge is -2.38. The lowest BCUT2D eigenvalue weighted by molar-refractivity contribution is -0.143. The number of carbonyl (C=O) groups excluding carboxylic acids is 2. The summed E-state index contributed by atoms with van der Waals surface area (Å²) in [6, 6.07) is 8.91. The topological polar surface area (TPSA) is 166 Å². The SMILES string of the molecule is C[C@H](O[Si](C)(C)C(C)(C)C)c1nccn1[C@H](CNC(=O)O)c1cc(-c2ccc(C#C[C@H]3[C@H]4CN(C(=O)C(N)=O)C[C@@H]34)cc2)on1. The number of nitrogens with one attached hydrogen (secondary N) is 1. The quantitative estimate of drug-likeness (QED) is 0.190. The number of hydrogen-bond donors (Lipinski definition) is 3. The van der Waals surface area contributed by atoms with E-state index in [1.54, 1.807) is 12.4 Å². The van der Waals surface area contributed by atoms with Crippen LogP contribution in [0.3, 0.4) is 0 Å². The van der Waals surface area contributed by atoms with E-state index in [0.29, 0.717) is 30.4 Å². The van der Waals surface area contributed by atoms with E-state index in [2.05, 4.69) is 61.2 Å². The molecule has 3 aromatic rings. The third-order valence-electron chi connectivity index (χ3n) is 9.24. The first kappa shape index (κ1) is 32.0. The van der Waals surface area contributed by atoms with Gasteiger partial charge in [-0.1, -0.05) is 37.8 Å². The Morgan fingerprint density at radius 2 is 1.87 bits per heavy atom. The van der Waals surface area contributed by atoms with Crippen LogP contribution in [0.25, 0.3) is 11.3 Å². The first-order chi connectivity index (χ1) is 21.2. The number of primary amides is 1. The molecule has 1 aliphatic heterocycles. The zero-order valence-corrected chi connectivity index (χ0v) is 27.4. The molecule has 1 aliphatic carbocycles. The summed E-state index contributed by atoms with van der Waals surface area (Å²) in [4.78, 5) is 40.5. The van der Waals surface area contributed by atoms with E-state index in [0.717, 1.165) is 11.1 Å². The number of benzene rings is 1. The molecule has 0 spiro atoms. The predicted molar refractivity (Wildman–Crippen MR) is 168 cm³/mol. The van der Waals surface area contributed by atoms with Crippen LogP contribution >= 0.6 is 0 Å². The standard InChI is InChI=1S/C32H40N6O6Si/c1-19(44-45(5,6)32(2,3)4)29-34-13-14-38(29)26(16-35-31(41)42)25-15-27(43-36-25)21-10-7-20(8-11-21)9-12-22-23-17-37(18-24(22)23)30(40)28(33)39/h7-8,10-11,13-15,19,22-24,26,35H,16-18H2,1-6H3,(H2,33,39)(H,41,42)/t19-,22-,23+,24-,26+/m0/s1. The molecule has 5 atom stereocenters. The summed E-state index contributed by atoms with van der Waals surface area (Å²) in [7, 11) is -2.10. The molecule has 2 aliphatic rings. The molecule has 12 nitrogen and oxygen atoms in total. The highest BCUT2D eigenvalue weighted by Crippen LogP contribution is 2.51. The van der Waals surface area contributed by atoms with Crippen molar-refractivity contribution in [3.8, 4) is 23.2 Å². The number of fused-ring (bicyclic) bond motifs is 1. The van der Waals surface area contributed by atoms with Gasteiger partial charge in [0.15, 0.2) is 14.1 Å². The van der Waals surface area contributed by atoms with Gasteiger partial charge in [0.1, 0.15) is 17.6 Å². The van der Waals surface area contributed by atoms with E-state index in [4.69, 9.17) is 14.7 Å². The molecule has 2 aromatic heterocycles. The van der Waals surface area contributed by atoms with Gasteiger partial charge in [-0.2, -0.15) is 0 Å². The highest BCUT2D eigenvalue weighted by Gasteiger charge is 2.56. The number of rotatable bonds is 8. The highest BCUT2D eigenvalue weighted by atomic mass is 28.4. The van der Waals surface area contributed by atoms with Crippen molar-refractivity contribution in [3.63, 3.8) is 0 Å². The van der Waals surface area contributed by atoms with Crippen LogP contribution in [-0.4, -0.2) is 70.6 Å². The maximum Gasteiger partial charge on any atom is 0.404 e. The summed E-state index contributed by atoms with van der Waals surface area (Å²) in [6.45, 7) is 14.0. The Labute approximate surface area is 263 Å². The molecule has 238 valence electrons. The van der Waals surface area contributed by atoms with Gasteiger partial charge in [-0.05, 0) is 61.2 Å². The summed E-state index contributed by atoms with van der Waals surface area (Å²) in [6.07, 6.45) is 2.03. The average Bonchev–Trinajstić information content (AvgIpc) is 3.48. The van der Waals surface area contributed by atoms with Gasteiger partial charge in [0.2, 0.25) is 0 Å². The summed E-state index contributed by atoms with van der Waals surface area (Å²) in [5.74, 6) is 6.97. The Hall–Kier alpha value is -4.41. The molecule has 4 N–H and O–H groups in total. The van der Waals surface area contributed by atoms with Crippen LogP contribution in [0.1, 0.15) is 56.9 Å². The number of hydrogen-bond acceptors (Lipinski definition) is 7. The minimum absolute atomic E-state index is 0.0126. The lowest BCUT2D eigenvalue weighted by atomic mass is 10.1. The lowest BCUT2D eigenvalue weighted by Crippen LogP contribution is -2.42. The molecule has 0 unspecified atom stereocenters. The van der Waals surface area contributed by atoms with Gasteiger partial charge < -0.3 is 34.6 Å². The molecule has 45 heavy (non-hydrogen) atoms. The van der Waals surface area contributed by atoms with Crippen molar-refractivity contribution in [1.82, 2.24) is 24.9 Å². The molecule has 2 fully saturated rings.